The molecule has 2 amide bonds. The van der Waals surface area contributed by atoms with E-state index in [1.807, 2.05) is 42.5 Å². The summed E-state index contributed by atoms with van der Waals surface area (Å²) in [5.41, 5.74) is 2.27. The molecule has 0 aromatic heterocycles. The molecule has 2 aliphatic heterocycles. The topological polar surface area (TPSA) is 61.9 Å². The Morgan fingerprint density at radius 3 is 2.48 bits per heavy atom. The average Bonchev–Trinajstić information content (AvgIpc) is 3.45. The van der Waals surface area contributed by atoms with Gasteiger partial charge in [0.05, 0.1) is 19.1 Å². The summed E-state index contributed by atoms with van der Waals surface area (Å²) in [6.07, 6.45) is 2.66. The Balaban J connectivity index is 1.36. The number of likely N-dealkylation sites (tertiary alicyclic amines) is 2. The fraction of sp³-hybridized carbons (Fsp3) is 0.440. The van der Waals surface area contributed by atoms with Crippen molar-refractivity contribution in [3.63, 3.8) is 0 Å². The summed E-state index contributed by atoms with van der Waals surface area (Å²) in [6.45, 7) is 3.68. The summed E-state index contributed by atoms with van der Waals surface area (Å²) < 4.78 is 5.28. The van der Waals surface area contributed by atoms with Crippen molar-refractivity contribution < 1.29 is 14.3 Å². The van der Waals surface area contributed by atoms with E-state index in [0.29, 0.717) is 19.6 Å². The van der Waals surface area contributed by atoms with Gasteiger partial charge in [-0.05, 0) is 49.2 Å². The second kappa shape index (κ2) is 9.96. The minimum atomic E-state index is -0.286. The largest absolute Gasteiger partial charge is 0.497 e. The number of methoxy groups -OCH3 is 1. The predicted octanol–water partition coefficient (Wildman–Crippen LogP) is 3.00. The first-order valence-electron chi connectivity index (χ1n) is 11.1. The van der Waals surface area contributed by atoms with E-state index in [2.05, 4.69) is 22.3 Å². The van der Waals surface area contributed by atoms with Crippen LogP contribution in [0.4, 0.5) is 0 Å². The first-order valence-corrected chi connectivity index (χ1v) is 11.1. The van der Waals surface area contributed by atoms with E-state index in [1.54, 1.807) is 12.0 Å². The fourth-order valence-corrected chi connectivity index (χ4v) is 4.58. The lowest BCUT2D eigenvalue weighted by atomic mass is 10.0. The fourth-order valence-electron chi connectivity index (χ4n) is 4.58. The van der Waals surface area contributed by atoms with E-state index < -0.39 is 0 Å². The number of carbonyl (C=O) groups is 2. The van der Waals surface area contributed by atoms with Crippen molar-refractivity contribution in [2.75, 3.05) is 33.3 Å². The van der Waals surface area contributed by atoms with E-state index in [4.69, 9.17) is 4.74 Å². The number of ether oxygens (including phenoxy) is 1. The minimum absolute atomic E-state index is 0.0263. The number of hydrogen-bond acceptors (Lipinski definition) is 4. The van der Waals surface area contributed by atoms with Gasteiger partial charge in [0.25, 0.3) is 0 Å². The van der Waals surface area contributed by atoms with Crippen LogP contribution in [0.5, 0.6) is 5.75 Å². The normalized spacial score (nSPS) is 20.1. The van der Waals surface area contributed by atoms with Crippen LogP contribution >= 0.6 is 0 Å². The molecule has 164 valence electrons. The van der Waals surface area contributed by atoms with E-state index >= 15 is 0 Å². The second-order valence-electron chi connectivity index (χ2n) is 8.44. The standard InChI is InChI=1S/C25H31N3O3/c1-31-22-11-9-20(10-12-22)23(27-13-5-6-14-27)16-26-25(30)21-15-24(29)28(18-21)17-19-7-3-2-4-8-19/h2-4,7-12,21,23H,5-6,13-18H2,1H3,(H,26,30)/t21-,23-/m1/s1. The molecule has 2 aromatic rings. The van der Waals surface area contributed by atoms with Gasteiger partial charge in [0.2, 0.25) is 11.8 Å². The van der Waals surface area contributed by atoms with Crippen LogP contribution in [0.1, 0.15) is 36.4 Å². The van der Waals surface area contributed by atoms with Gasteiger partial charge in [-0.15, -0.1) is 0 Å². The molecule has 2 aliphatic rings. The third-order valence-corrected chi connectivity index (χ3v) is 6.35. The first kappa shape index (κ1) is 21.4. The Morgan fingerprint density at radius 1 is 1.10 bits per heavy atom. The summed E-state index contributed by atoms with van der Waals surface area (Å²) in [5.74, 6) is 0.569. The van der Waals surface area contributed by atoms with Gasteiger partial charge in [-0.1, -0.05) is 42.5 Å². The molecule has 2 heterocycles. The Morgan fingerprint density at radius 2 is 1.81 bits per heavy atom. The van der Waals surface area contributed by atoms with Crippen LogP contribution < -0.4 is 10.1 Å². The number of carbonyl (C=O) groups excluding carboxylic acids is 2. The van der Waals surface area contributed by atoms with Gasteiger partial charge in [0.1, 0.15) is 5.75 Å². The highest BCUT2D eigenvalue weighted by atomic mass is 16.5. The average molecular weight is 422 g/mol. The highest BCUT2D eigenvalue weighted by molar-refractivity contribution is 5.89. The molecule has 4 rings (SSSR count). The number of rotatable bonds is 8. The summed E-state index contributed by atoms with van der Waals surface area (Å²) in [6, 6.07) is 18.2. The van der Waals surface area contributed by atoms with Gasteiger partial charge in [-0.25, -0.2) is 0 Å². The van der Waals surface area contributed by atoms with E-state index in [1.165, 1.54) is 18.4 Å². The van der Waals surface area contributed by atoms with Gasteiger partial charge in [0.15, 0.2) is 0 Å². The molecule has 2 saturated heterocycles. The third-order valence-electron chi connectivity index (χ3n) is 6.35. The summed E-state index contributed by atoms with van der Waals surface area (Å²) in [7, 11) is 1.66. The molecule has 31 heavy (non-hydrogen) atoms. The number of nitrogens with one attached hydrogen (secondary N) is 1. The minimum Gasteiger partial charge on any atom is -0.497 e. The molecule has 6 heteroatoms. The second-order valence-corrected chi connectivity index (χ2v) is 8.44. The van der Waals surface area contributed by atoms with Gasteiger partial charge in [0, 0.05) is 26.1 Å². The molecule has 0 spiro atoms. The molecule has 2 fully saturated rings. The summed E-state index contributed by atoms with van der Waals surface area (Å²) in [5, 5.41) is 3.14. The summed E-state index contributed by atoms with van der Waals surface area (Å²) in [4.78, 5) is 29.6. The molecular formula is C25H31N3O3. The van der Waals surface area contributed by atoms with Crippen LogP contribution in [0.2, 0.25) is 0 Å². The van der Waals surface area contributed by atoms with E-state index in [0.717, 1.165) is 24.4 Å². The zero-order valence-electron chi connectivity index (χ0n) is 18.1. The zero-order chi connectivity index (χ0) is 21.6. The first-order chi connectivity index (χ1) is 15.1. The van der Waals surface area contributed by atoms with Gasteiger partial charge >= 0.3 is 0 Å². The number of hydrogen-bond donors (Lipinski definition) is 1. The predicted molar refractivity (Wildman–Crippen MR) is 120 cm³/mol. The molecule has 0 aliphatic carbocycles. The monoisotopic (exact) mass is 421 g/mol. The van der Waals surface area contributed by atoms with Crippen molar-refractivity contribution >= 4 is 11.8 Å². The van der Waals surface area contributed by atoms with E-state index in [-0.39, 0.29) is 30.2 Å². The van der Waals surface area contributed by atoms with Crippen LogP contribution in [-0.2, 0) is 16.1 Å². The van der Waals surface area contributed by atoms with Crippen molar-refractivity contribution in [3.8, 4) is 5.75 Å². The lowest BCUT2D eigenvalue weighted by Crippen LogP contribution is -2.39. The van der Waals surface area contributed by atoms with Crippen molar-refractivity contribution in [1.82, 2.24) is 15.1 Å². The highest BCUT2D eigenvalue weighted by Crippen LogP contribution is 2.27. The molecule has 0 unspecified atom stereocenters. The number of nitrogens with zero attached hydrogens (tertiary/aromatic N) is 2. The molecule has 0 saturated carbocycles. The lowest BCUT2D eigenvalue weighted by Gasteiger charge is -2.28. The molecule has 0 bridgehead atoms. The lowest BCUT2D eigenvalue weighted by molar-refractivity contribution is -0.129. The zero-order valence-corrected chi connectivity index (χ0v) is 18.1. The van der Waals surface area contributed by atoms with Crippen LogP contribution in [0, 0.1) is 5.92 Å². The van der Waals surface area contributed by atoms with Gasteiger partial charge in [-0.3, -0.25) is 14.5 Å². The van der Waals surface area contributed by atoms with Gasteiger partial charge in [-0.2, -0.15) is 0 Å². The quantitative estimate of drug-likeness (QED) is 0.712. The maximum Gasteiger partial charge on any atom is 0.225 e. The summed E-state index contributed by atoms with van der Waals surface area (Å²) >= 11 is 0. The van der Waals surface area contributed by atoms with Crippen LogP contribution in [0.15, 0.2) is 54.6 Å². The maximum absolute atomic E-state index is 12.9. The van der Waals surface area contributed by atoms with Crippen molar-refractivity contribution in [2.24, 2.45) is 5.92 Å². The van der Waals surface area contributed by atoms with Crippen molar-refractivity contribution in [2.45, 2.75) is 31.8 Å². The van der Waals surface area contributed by atoms with Crippen molar-refractivity contribution in [1.29, 1.82) is 0 Å². The molecule has 6 nitrogen and oxygen atoms in total. The van der Waals surface area contributed by atoms with Crippen LogP contribution in [0.3, 0.4) is 0 Å². The van der Waals surface area contributed by atoms with Crippen LogP contribution in [0.25, 0.3) is 0 Å². The Labute approximate surface area is 184 Å². The van der Waals surface area contributed by atoms with Crippen molar-refractivity contribution in [3.05, 3.63) is 65.7 Å². The molecule has 2 atom stereocenters. The Hall–Kier alpha value is -2.86. The number of benzene rings is 2. The van der Waals surface area contributed by atoms with Gasteiger partial charge < -0.3 is 15.0 Å². The highest BCUT2D eigenvalue weighted by Gasteiger charge is 2.34. The Kier molecular flexibility index (Phi) is 6.87. The SMILES string of the molecule is COc1ccc([C@@H](CNC(=O)[C@@H]2CC(=O)N(Cc3ccccc3)C2)N2CCCC2)cc1. The van der Waals surface area contributed by atoms with Crippen LogP contribution in [-0.4, -0.2) is 54.9 Å². The molecule has 1 N–H and O–H groups in total. The molecular weight excluding hydrogens is 390 g/mol. The molecule has 2 aromatic carbocycles. The maximum atomic E-state index is 12.9. The number of amides is 2. The molecule has 0 radical (unpaired) electrons. The third kappa shape index (κ3) is 5.25. The van der Waals surface area contributed by atoms with E-state index in [9.17, 15) is 9.59 Å². The smallest absolute Gasteiger partial charge is 0.225 e. The Bertz CT molecular complexity index is 879.